The maximum atomic E-state index is 11.3. The molecule has 1 radical (unpaired) electrons. The van der Waals surface area contributed by atoms with Crippen molar-refractivity contribution >= 4 is 7.80 Å². The molecule has 0 aromatic rings. The van der Waals surface area contributed by atoms with Crippen LogP contribution in [-0.4, -0.2) is 10.8 Å². The Morgan fingerprint density at radius 1 is 1.22 bits per heavy atom. The normalized spacial score (nSPS) is 14.2. The summed E-state index contributed by atoms with van der Waals surface area (Å²) >= 11 is 0. The highest BCUT2D eigenvalue weighted by atomic mass is 31.1. The smallest absolute Gasteiger partial charge is 0.0799 e. The van der Waals surface area contributed by atoms with Gasteiger partial charge in [0.15, 0.2) is 0 Å². The zero-order valence-corrected chi connectivity index (χ0v) is 7.83. The molecule has 55 valence electrons. The summed E-state index contributed by atoms with van der Waals surface area (Å²) in [4.78, 5) is 0. The summed E-state index contributed by atoms with van der Waals surface area (Å²) in [7, 11) is -1.03. The molecule has 9 heavy (non-hydrogen) atoms. The predicted molar refractivity (Wildman–Crippen MR) is 42.5 cm³/mol. The molecule has 0 aromatic heterocycles. The lowest BCUT2D eigenvalue weighted by Crippen LogP contribution is -2.11. The summed E-state index contributed by atoms with van der Waals surface area (Å²) in [6.45, 7) is 10.1. The fourth-order valence-electron chi connectivity index (χ4n) is 0.775. The highest BCUT2D eigenvalue weighted by Gasteiger charge is 2.22. The van der Waals surface area contributed by atoms with Crippen LogP contribution >= 0.6 is 7.80 Å². The van der Waals surface area contributed by atoms with Gasteiger partial charge in [0, 0.05) is 10.8 Å². The Hall–Kier alpha value is 0.100. The van der Waals surface area contributed by atoms with Crippen LogP contribution in [0.5, 0.6) is 0 Å². The van der Waals surface area contributed by atoms with E-state index in [1.165, 1.54) is 0 Å². The van der Waals surface area contributed by atoms with Gasteiger partial charge in [-0.25, -0.2) is 0 Å². The zero-order chi connectivity index (χ0) is 7.65. The van der Waals surface area contributed by atoms with Gasteiger partial charge in [0.05, 0.1) is 7.80 Å². The van der Waals surface area contributed by atoms with E-state index in [0.29, 0.717) is 5.66 Å². The molecule has 0 saturated carbocycles. The van der Waals surface area contributed by atoms with Crippen molar-refractivity contribution in [2.24, 2.45) is 0 Å². The van der Waals surface area contributed by atoms with Crippen LogP contribution in [0, 0.1) is 0 Å². The molecule has 0 amide bonds. The molecule has 1 nitrogen and oxygen atoms in total. The van der Waals surface area contributed by atoms with Gasteiger partial charge in [0.25, 0.3) is 0 Å². The molecule has 0 N–H and O–H groups in total. The van der Waals surface area contributed by atoms with Gasteiger partial charge in [-0.05, 0) is 0 Å². The van der Waals surface area contributed by atoms with Crippen molar-refractivity contribution in [3.63, 3.8) is 0 Å². The van der Waals surface area contributed by atoms with Crippen molar-refractivity contribution in [3.8, 4) is 0 Å². The molecule has 0 spiro atoms. The lowest BCUT2D eigenvalue weighted by molar-refractivity contribution is 0.558. The predicted octanol–water partition coefficient (Wildman–Crippen LogP) is 3.02. The third-order valence-electron chi connectivity index (χ3n) is 1.13. The van der Waals surface area contributed by atoms with Crippen molar-refractivity contribution in [3.05, 3.63) is 0 Å². The highest BCUT2D eigenvalue weighted by Crippen LogP contribution is 2.41. The summed E-state index contributed by atoms with van der Waals surface area (Å²) in [5.41, 5.74) is 0.319. The van der Waals surface area contributed by atoms with Crippen molar-refractivity contribution in [2.45, 2.75) is 45.4 Å². The van der Waals surface area contributed by atoms with Crippen LogP contribution in [-0.2, 0) is 4.57 Å². The molecule has 1 atom stereocenters. The van der Waals surface area contributed by atoms with E-state index in [1.54, 1.807) is 0 Å². The van der Waals surface area contributed by atoms with Crippen LogP contribution < -0.4 is 0 Å². The summed E-state index contributed by atoms with van der Waals surface area (Å²) in [6, 6.07) is 0. The van der Waals surface area contributed by atoms with Crippen LogP contribution in [0.15, 0.2) is 0 Å². The lowest BCUT2D eigenvalue weighted by atomic mass is 10.3. The van der Waals surface area contributed by atoms with Crippen LogP contribution in [0.4, 0.5) is 0 Å². The Balaban J connectivity index is 4.06. The fraction of sp³-hybridized carbons (Fsp3) is 1.00. The Morgan fingerprint density at radius 2 is 1.56 bits per heavy atom. The minimum absolute atomic E-state index is 0.0104. The van der Waals surface area contributed by atoms with E-state index in [2.05, 4.69) is 0 Å². The Bertz CT molecular complexity index is 111. The van der Waals surface area contributed by atoms with Crippen molar-refractivity contribution in [1.82, 2.24) is 0 Å². The first-order valence-electron chi connectivity index (χ1n) is 3.32. The second kappa shape index (κ2) is 2.79. The van der Waals surface area contributed by atoms with E-state index in [9.17, 15) is 4.57 Å². The standard InChI is InChI=1S/C7H16OP/c1-6(2)9(8)7(3,4)5/h6H,1-5H3. The average molecular weight is 147 g/mol. The van der Waals surface area contributed by atoms with Crippen molar-refractivity contribution in [2.75, 3.05) is 0 Å². The Morgan fingerprint density at radius 3 is 1.56 bits per heavy atom. The third kappa shape index (κ3) is 2.95. The minimum atomic E-state index is -1.03. The first-order chi connectivity index (χ1) is 3.85. The van der Waals surface area contributed by atoms with Gasteiger partial charge < -0.3 is 0 Å². The second-order valence-electron chi connectivity index (χ2n) is 3.59. The first-order valence-corrected chi connectivity index (χ1v) is 4.65. The molecule has 0 aliphatic carbocycles. The molecule has 0 aliphatic heterocycles. The topological polar surface area (TPSA) is 17.1 Å². The summed E-state index contributed by atoms with van der Waals surface area (Å²) < 4.78 is 11.3. The third-order valence-corrected chi connectivity index (χ3v) is 3.39. The van der Waals surface area contributed by atoms with Gasteiger partial charge in [-0.2, -0.15) is 0 Å². The molecule has 0 rings (SSSR count). The van der Waals surface area contributed by atoms with E-state index in [-0.39, 0.29) is 5.16 Å². The quantitative estimate of drug-likeness (QED) is 0.521. The maximum Gasteiger partial charge on any atom is 0.0799 e. The highest BCUT2D eigenvalue weighted by molar-refractivity contribution is 7.47. The molecule has 0 heterocycles. The molecule has 0 saturated heterocycles. The molecule has 0 bridgehead atoms. The van der Waals surface area contributed by atoms with E-state index < -0.39 is 7.80 Å². The second-order valence-corrected chi connectivity index (χ2v) is 6.62. The van der Waals surface area contributed by atoms with Crippen molar-refractivity contribution in [1.29, 1.82) is 0 Å². The van der Waals surface area contributed by atoms with Crippen molar-refractivity contribution < 1.29 is 4.57 Å². The van der Waals surface area contributed by atoms with E-state index in [4.69, 9.17) is 0 Å². The molecular weight excluding hydrogens is 131 g/mol. The first kappa shape index (κ1) is 9.10. The molecule has 0 aromatic carbocycles. The number of hydrogen-bond acceptors (Lipinski definition) is 1. The van der Waals surface area contributed by atoms with Gasteiger partial charge in [0.2, 0.25) is 0 Å². The molecule has 0 fully saturated rings. The SMILES string of the molecule is CC(C)[P](=O)C(C)(C)C. The molecule has 1 unspecified atom stereocenters. The van der Waals surface area contributed by atoms with E-state index in [0.717, 1.165) is 0 Å². The van der Waals surface area contributed by atoms with E-state index in [1.807, 2.05) is 34.6 Å². The number of hydrogen-bond donors (Lipinski definition) is 0. The van der Waals surface area contributed by atoms with Crippen LogP contribution in [0.3, 0.4) is 0 Å². The summed E-state index contributed by atoms with van der Waals surface area (Å²) in [5.74, 6) is 0. The van der Waals surface area contributed by atoms with Crippen LogP contribution in [0.1, 0.15) is 34.6 Å². The molecule has 0 aliphatic rings. The van der Waals surface area contributed by atoms with E-state index >= 15 is 0 Å². The Kier molecular flexibility index (Phi) is 2.82. The maximum absolute atomic E-state index is 11.3. The zero-order valence-electron chi connectivity index (χ0n) is 6.93. The van der Waals surface area contributed by atoms with Gasteiger partial charge in [-0.3, -0.25) is 4.57 Å². The lowest BCUT2D eigenvalue weighted by Gasteiger charge is -2.19. The fourth-order valence-corrected chi connectivity index (χ4v) is 2.32. The minimum Gasteiger partial charge on any atom is -0.286 e. The number of rotatable bonds is 1. The van der Waals surface area contributed by atoms with Gasteiger partial charge in [-0.15, -0.1) is 0 Å². The average Bonchev–Trinajstić information content (AvgIpc) is 1.62. The molecular formula is C7H16OP. The Labute approximate surface area is 58.6 Å². The largest absolute Gasteiger partial charge is 0.286 e. The van der Waals surface area contributed by atoms with Gasteiger partial charge in [0.1, 0.15) is 0 Å². The molecule has 2 heteroatoms. The van der Waals surface area contributed by atoms with Gasteiger partial charge >= 0.3 is 0 Å². The summed E-state index contributed by atoms with van der Waals surface area (Å²) in [5, 5.41) is -0.0104. The van der Waals surface area contributed by atoms with Crippen LogP contribution in [0.25, 0.3) is 0 Å². The van der Waals surface area contributed by atoms with Gasteiger partial charge in [-0.1, -0.05) is 34.6 Å². The monoisotopic (exact) mass is 147 g/mol. The van der Waals surface area contributed by atoms with Crippen LogP contribution in [0.2, 0.25) is 0 Å². The summed E-state index contributed by atoms with van der Waals surface area (Å²) in [6.07, 6.45) is 0.